The zero-order valence-electron chi connectivity index (χ0n) is 15.3. The minimum atomic E-state index is -0.648. The van der Waals surface area contributed by atoms with Crippen LogP contribution in [0.3, 0.4) is 0 Å². The third-order valence-electron chi connectivity index (χ3n) is 4.15. The molecule has 0 radical (unpaired) electrons. The predicted molar refractivity (Wildman–Crippen MR) is 113 cm³/mol. The molecule has 0 amide bonds. The van der Waals surface area contributed by atoms with Gasteiger partial charge in [-0.3, -0.25) is 0 Å². The second kappa shape index (κ2) is 9.20. The molecule has 0 aromatic heterocycles. The van der Waals surface area contributed by atoms with E-state index in [4.69, 9.17) is 9.47 Å². The minimum Gasteiger partial charge on any atom is -0.488 e. The Morgan fingerprint density at radius 3 is 2.71 bits per heavy atom. The van der Waals surface area contributed by atoms with Gasteiger partial charge in [-0.15, -0.1) is 0 Å². The van der Waals surface area contributed by atoms with Crippen LogP contribution in [0.25, 0.3) is 16.8 Å². The van der Waals surface area contributed by atoms with Crippen molar-refractivity contribution in [3.63, 3.8) is 0 Å². The van der Waals surface area contributed by atoms with Gasteiger partial charge in [-0.05, 0) is 47.5 Å². The molecule has 0 N–H and O–H groups in total. The average molecular weight is 436 g/mol. The van der Waals surface area contributed by atoms with E-state index in [-0.39, 0.29) is 12.2 Å². The van der Waals surface area contributed by atoms with Crippen LogP contribution in [0.2, 0.25) is 0 Å². The van der Waals surface area contributed by atoms with E-state index >= 15 is 0 Å². The number of nitrogens with zero attached hydrogens (tertiary/aromatic N) is 1. The maximum atomic E-state index is 11.9. The van der Waals surface area contributed by atoms with Gasteiger partial charge in [-0.25, -0.2) is 4.79 Å². The van der Waals surface area contributed by atoms with Crippen molar-refractivity contribution in [2.24, 2.45) is 0 Å². The Bertz CT molecular complexity index is 1080. The van der Waals surface area contributed by atoms with Crippen molar-refractivity contribution >= 4 is 38.7 Å². The van der Waals surface area contributed by atoms with Gasteiger partial charge in [0.1, 0.15) is 24.0 Å². The van der Waals surface area contributed by atoms with Crippen LogP contribution in [0.1, 0.15) is 18.1 Å². The van der Waals surface area contributed by atoms with Crippen LogP contribution >= 0.6 is 15.9 Å². The predicted octanol–water partition coefficient (Wildman–Crippen LogP) is 5.65. The number of benzene rings is 3. The smallest absolute Gasteiger partial charge is 0.348 e. The Hall–Kier alpha value is -3.10. The lowest BCUT2D eigenvalue weighted by Gasteiger charge is -2.12. The number of fused-ring (bicyclic) bond motifs is 1. The third-order valence-corrected chi connectivity index (χ3v) is 4.64. The average Bonchev–Trinajstić information content (AvgIpc) is 2.71. The fraction of sp³-hybridized carbons (Fsp3) is 0.130. The van der Waals surface area contributed by atoms with Crippen molar-refractivity contribution in [1.82, 2.24) is 0 Å². The summed E-state index contributed by atoms with van der Waals surface area (Å²) in [6.07, 6.45) is 1.49. The standard InChI is InChI=1S/C23H18BrNO3/c1-2-27-23(26)19(14-25)12-18-13-20(24)10-11-22(18)28-15-17-8-5-7-16-6-3-4-9-21(16)17/h3-13H,2,15H2,1H3/b19-12-. The first-order valence-corrected chi connectivity index (χ1v) is 9.59. The van der Waals surface area contributed by atoms with Crippen LogP contribution in [0, 0.1) is 11.3 Å². The van der Waals surface area contributed by atoms with E-state index in [1.54, 1.807) is 19.1 Å². The molecule has 3 aromatic rings. The molecule has 0 unspecified atom stereocenters. The van der Waals surface area contributed by atoms with Crippen molar-refractivity contribution < 1.29 is 14.3 Å². The summed E-state index contributed by atoms with van der Waals surface area (Å²) in [4.78, 5) is 11.9. The highest BCUT2D eigenvalue weighted by Crippen LogP contribution is 2.28. The van der Waals surface area contributed by atoms with E-state index in [9.17, 15) is 10.1 Å². The number of carbonyl (C=O) groups excluding carboxylic acids is 1. The Morgan fingerprint density at radius 2 is 1.93 bits per heavy atom. The lowest BCUT2D eigenvalue weighted by atomic mass is 10.1. The summed E-state index contributed by atoms with van der Waals surface area (Å²) in [7, 11) is 0. The number of hydrogen-bond acceptors (Lipinski definition) is 4. The molecule has 0 heterocycles. The highest BCUT2D eigenvalue weighted by molar-refractivity contribution is 9.10. The molecule has 0 aliphatic heterocycles. The van der Waals surface area contributed by atoms with Crippen molar-refractivity contribution in [3.8, 4) is 11.8 Å². The molecule has 0 saturated heterocycles. The van der Waals surface area contributed by atoms with Crippen LogP contribution in [-0.4, -0.2) is 12.6 Å². The normalized spacial score (nSPS) is 11.1. The summed E-state index contributed by atoms with van der Waals surface area (Å²) in [6.45, 7) is 2.27. The maximum absolute atomic E-state index is 11.9. The van der Waals surface area contributed by atoms with Gasteiger partial charge in [0.15, 0.2) is 0 Å². The Morgan fingerprint density at radius 1 is 1.14 bits per heavy atom. The molecule has 28 heavy (non-hydrogen) atoms. The number of carbonyl (C=O) groups is 1. The van der Waals surface area contributed by atoms with Crippen LogP contribution in [0.5, 0.6) is 5.75 Å². The molecule has 3 rings (SSSR count). The summed E-state index contributed by atoms with van der Waals surface area (Å²) >= 11 is 3.42. The number of esters is 1. The van der Waals surface area contributed by atoms with Crippen LogP contribution < -0.4 is 4.74 Å². The molecular formula is C23H18BrNO3. The minimum absolute atomic E-state index is 0.0741. The summed E-state index contributed by atoms with van der Waals surface area (Å²) in [5, 5.41) is 11.6. The van der Waals surface area contributed by atoms with Gasteiger partial charge in [-0.2, -0.15) is 5.26 Å². The second-order valence-electron chi connectivity index (χ2n) is 6.00. The maximum Gasteiger partial charge on any atom is 0.348 e. The zero-order chi connectivity index (χ0) is 19.9. The van der Waals surface area contributed by atoms with E-state index in [1.165, 1.54) is 6.08 Å². The highest BCUT2D eigenvalue weighted by atomic mass is 79.9. The van der Waals surface area contributed by atoms with E-state index in [0.29, 0.717) is 17.9 Å². The van der Waals surface area contributed by atoms with Crippen molar-refractivity contribution in [2.75, 3.05) is 6.61 Å². The van der Waals surface area contributed by atoms with Gasteiger partial charge < -0.3 is 9.47 Å². The first-order chi connectivity index (χ1) is 13.6. The third kappa shape index (κ3) is 4.59. The van der Waals surface area contributed by atoms with Crippen molar-refractivity contribution in [1.29, 1.82) is 5.26 Å². The molecule has 0 bridgehead atoms. The Kier molecular flexibility index (Phi) is 6.46. The number of hydrogen-bond donors (Lipinski definition) is 0. The van der Waals surface area contributed by atoms with Crippen LogP contribution in [-0.2, 0) is 16.1 Å². The van der Waals surface area contributed by atoms with E-state index in [2.05, 4.69) is 34.1 Å². The molecular weight excluding hydrogens is 418 g/mol. The van der Waals surface area contributed by atoms with E-state index in [1.807, 2.05) is 36.4 Å². The molecule has 4 nitrogen and oxygen atoms in total. The lowest BCUT2D eigenvalue weighted by molar-refractivity contribution is -0.137. The van der Waals surface area contributed by atoms with Gasteiger partial charge >= 0.3 is 5.97 Å². The van der Waals surface area contributed by atoms with Gasteiger partial charge in [0.2, 0.25) is 0 Å². The first-order valence-electron chi connectivity index (χ1n) is 8.80. The van der Waals surface area contributed by atoms with Gasteiger partial charge in [-0.1, -0.05) is 58.4 Å². The SMILES string of the molecule is CCOC(=O)/C(C#N)=C\c1cc(Br)ccc1OCc1cccc2ccccc12. The van der Waals surface area contributed by atoms with Gasteiger partial charge in [0.05, 0.1) is 6.61 Å². The molecule has 0 aliphatic rings. The summed E-state index contributed by atoms with van der Waals surface area (Å²) < 4.78 is 11.8. The van der Waals surface area contributed by atoms with Gasteiger partial charge in [0, 0.05) is 10.0 Å². The molecule has 140 valence electrons. The second-order valence-corrected chi connectivity index (χ2v) is 6.92. The largest absolute Gasteiger partial charge is 0.488 e. The monoisotopic (exact) mass is 435 g/mol. The topological polar surface area (TPSA) is 59.3 Å². The highest BCUT2D eigenvalue weighted by Gasteiger charge is 2.12. The van der Waals surface area contributed by atoms with Crippen LogP contribution in [0.15, 0.2) is 70.7 Å². The summed E-state index contributed by atoms with van der Waals surface area (Å²) in [6, 6.07) is 21.6. The van der Waals surface area contributed by atoms with Crippen molar-refractivity contribution in [3.05, 3.63) is 81.8 Å². The quantitative estimate of drug-likeness (QED) is 0.285. The molecule has 0 spiro atoms. The summed E-state index contributed by atoms with van der Waals surface area (Å²) in [5.74, 6) is -0.0711. The van der Waals surface area contributed by atoms with E-state index < -0.39 is 5.97 Å². The summed E-state index contributed by atoms with van der Waals surface area (Å²) in [5.41, 5.74) is 1.61. The van der Waals surface area contributed by atoms with Gasteiger partial charge in [0.25, 0.3) is 0 Å². The molecule has 0 fully saturated rings. The molecule has 5 heteroatoms. The van der Waals surface area contributed by atoms with Crippen LogP contribution in [0.4, 0.5) is 0 Å². The van der Waals surface area contributed by atoms with E-state index in [0.717, 1.165) is 20.8 Å². The molecule has 0 saturated carbocycles. The Balaban J connectivity index is 1.91. The molecule has 0 aliphatic carbocycles. The molecule has 3 aromatic carbocycles. The fourth-order valence-corrected chi connectivity index (χ4v) is 3.22. The Labute approximate surface area is 172 Å². The fourth-order valence-electron chi connectivity index (χ4n) is 2.84. The molecule has 0 atom stereocenters. The lowest BCUT2D eigenvalue weighted by Crippen LogP contribution is -2.06. The number of ether oxygens (including phenoxy) is 2. The van der Waals surface area contributed by atoms with Crippen molar-refractivity contribution in [2.45, 2.75) is 13.5 Å². The number of halogens is 1. The number of nitriles is 1. The number of rotatable bonds is 6. The zero-order valence-corrected chi connectivity index (χ0v) is 16.9. The first kappa shape index (κ1) is 19.7.